The summed E-state index contributed by atoms with van der Waals surface area (Å²) in [6.45, 7) is 0. The van der Waals surface area contributed by atoms with Crippen molar-refractivity contribution in [3.8, 4) is 0 Å². The SMILES string of the molecule is O=C(O)C1CCCCC1c1nc(=S)[nH][nH]1. The largest absolute Gasteiger partial charge is 0.481 e. The molecule has 0 aliphatic heterocycles. The smallest absolute Gasteiger partial charge is 0.307 e. The van der Waals surface area contributed by atoms with Gasteiger partial charge in [0.05, 0.1) is 5.92 Å². The standard InChI is InChI=1S/C9H13N3O2S/c13-8(14)6-4-2-1-3-5(6)7-10-9(15)12-11-7/h5-6H,1-4H2,(H,13,14)(H2,10,11,12,15). The topological polar surface area (TPSA) is 81.8 Å². The van der Waals surface area contributed by atoms with Crippen molar-refractivity contribution in [3.63, 3.8) is 0 Å². The van der Waals surface area contributed by atoms with Crippen LogP contribution < -0.4 is 0 Å². The Morgan fingerprint density at radius 3 is 2.73 bits per heavy atom. The van der Waals surface area contributed by atoms with E-state index in [-0.39, 0.29) is 11.8 Å². The van der Waals surface area contributed by atoms with Crippen LogP contribution in [-0.4, -0.2) is 26.3 Å². The van der Waals surface area contributed by atoms with E-state index in [1.165, 1.54) is 0 Å². The molecule has 2 unspecified atom stereocenters. The van der Waals surface area contributed by atoms with Crippen LogP contribution in [0, 0.1) is 10.7 Å². The third kappa shape index (κ3) is 2.09. The van der Waals surface area contributed by atoms with E-state index in [1.807, 2.05) is 0 Å². The van der Waals surface area contributed by atoms with Crippen molar-refractivity contribution in [2.24, 2.45) is 5.92 Å². The number of aromatic amines is 2. The minimum atomic E-state index is -0.734. The highest BCUT2D eigenvalue weighted by Gasteiger charge is 2.33. The summed E-state index contributed by atoms with van der Waals surface area (Å²) in [7, 11) is 0. The number of rotatable bonds is 2. The van der Waals surface area contributed by atoms with Gasteiger partial charge in [0.1, 0.15) is 5.82 Å². The van der Waals surface area contributed by atoms with Crippen LogP contribution in [-0.2, 0) is 4.79 Å². The molecule has 2 atom stereocenters. The number of H-pyrrole nitrogens is 2. The summed E-state index contributed by atoms with van der Waals surface area (Å²) in [6, 6.07) is 0. The summed E-state index contributed by atoms with van der Waals surface area (Å²) in [5.41, 5.74) is 0. The minimum absolute atomic E-state index is 0.0239. The average molecular weight is 227 g/mol. The van der Waals surface area contributed by atoms with Crippen molar-refractivity contribution in [3.05, 3.63) is 10.6 Å². The van der Waals surface area contributed by atoms with Crippen molar-refractivity contribution >= 4 is 18.2 Å². The molecule has 3 N–H and O–H groups in total. The van der Waals surface area contributed by atoms with Crippen LogP contribution >= 0.6 is 12.2 Å². The van der Waals surface area contributed by atoms with Crippen molar-refractivity contribution in [1.82, 2.24) is 15.2 Å². The molecule has 0 spiro atoms. The van der Waals surface area contributed by atoms with E-state index in [1.54, 1.807) is 0 Å². The van der Waals surface area contributed by atoms with Crippen LogP contribution in [0.1, 0.15) is 37.4 Å². The van der Waals surface area contributed by atoms with Gasteiger partial charge in [-0.05, 0) is 25.1 Å². The van der Waals surface area contributed by atoms with E-state index in [4.69, 9.17) is 17.3 Å². The number of carbonyl (C=O) groups is 1. The Morgan fingerprint density at radius 2 is 2.13 bits per heavy atom. The maximum absolute atomic E-state index is 11.1. The number of nitrogens with one attached hydrogen (secondary N) is 2. The Morgan fingerprint density at radius 1 is 1.40 bits per heavy atom. The second-order valence-electron chi connectivity index (χ2n) is 3.89. The van der Waals surface area contributed by atoms with E-state index < -0.39 is 5.97 Å². The molecule has 6 heteroatoms. The second kappa shape index (κ2) is 4.14. The third-order valence-electron chi connectivity index (χ3n) is 2.95. The van der Waals surface area contributed by atoms with Crippen molar-refractivity contribution < 1.29 is 9.90 Å². The van der Waals surface area contributed by atoms with Gasteiger partial charge in [-0.2, -0.15) is 0 Å². The van der Waals surface area contributed by atoms with Gasteiger partial charge in [0.2, 0.25) is 4.77 Å². The molecule has 82 valence electrons. The van der Waals surface area contributed by atoms with Crippen LogP contribution in [0.3, 0.4) is 0 Å². The number of hydrogen-bond donors (Lipinski definition) is 3. The fraction of sp³-hybridized carbons (Fsp3) is 0.667. The van der Waals surface area contributed by atoms with Gasteiger partial charge in [-0.3, -0.25) is 15.0 Å². The lowest BCUT2D eigenvalue weighted by Gasteiger charge is -2.26. The van der Waals surface area contributed by atoms with E-state index in [0.29, 0.717) is 10.6 Å². The molecule has 5 nitrogen and oxygen atoms in total. The Hall–Kier alpha value is -1.17. The molecule has 0 bridgehead atoms. The zero-order valence-electron chi connectivity index (χ0n) is 8.19. The predicted octanol–water partition coefficient (Wildman–Crippen LogP) is 1.83. The predicted molar refractivity (Wildman–Crippen MR) is 56.1 cm³/mol. The van der Waals surface area contributed by atoms with Crippen LogP contribution in [0.5, 0.6) is 0 Å². The van der Waals surface area contributed by atoms with Gasteiger partial charge in [-0.1, -0.05) is 12.8 Å². The fourth-order valence-corrected chi connectivity index (χ4v) is 2.36. The molecule has 1 saturated carbocycles. The molecule has 1 aliphatic rings. The highest BCUT2D eigenvalue weighted by atomic mass is 32.1. The highest BCUT2D eigenvalue weighted by molar-refractivity contribution is 7.71. The summed E-state index contributed by atoms with van der Waals surface area (Å²) in [4.78, 5) is 15.2. The van der Waals surface area contributed by atoms with Crippen LogP contribution in [0.15, 0.2) is 0 Å². The van der Waals surface area contributed by atoms with Gasteiger partial charge in [0.15, 0.2) is 0 Å². The third-order valence-corrected chi connectivity index (χ3v) is 3.15. The second-order valence-corrected chi connectivity index (χ2v) is 4.27. The van der Waals surface area contributed by atoms with Crippen LogP contribution in [0.4, 0.5) is 0 Å². The van der Waals surface area contributed by atoms with Gasteiger partial charge in [-0.25, -0.2) is 4.98 Å². The summed E-state index contributed by atoms with van der Waals surface area (Å²) < 4.78 is 0.389. The lowest BCUT2D eigenvalue weighted by Crippen LogP contribution is -2.26. The molecule has 1 aromatic rings. The summed E-state index contributed by atoms with van der Waals surface area (Å²) in [5, 5.41) is 14.7. The Kier molecular flexibility index (Phi) is 2.86. The van der Waals surface area contributed by atoms with Gasteiger partial charge in [0, 0.05) is 5.92 Å². The van der Waals surface area contributed by atoms with Crippen molar-refractivity contribution in [1.29, 1.82) is 0 Å². The molecule has 15 heavy (non-hydrogen) atoms. The first-order valence-corrected chi connectivity index (χ1v) is 5.46. The number of aliphatic carboxylic acids is 1. The van der Waals surface area contributed by atoms with E-state index in [2.05, 4.69) is 15.2 Å². The zero-order chi connectivity index (χ0) is 10.8. The van der Waals surface area contributed by atoms with E-state index in [0.717, 1.165) is 25.7 Å². The van der Waals surface area contributed by atoms with Crippen LogP contribution in [0.25, 0.3) is 0 Å². The number of hydrogen-bond acceptors (Lipinski definition) is 3. The number of aromatic nitrogens is 3. The molecule has 1 fully saturated rings. The summed E-state index contributed by atoms with van der Waals surface area (Å²) in [6.07, 6.45) is 3.64. The van der Waals surface area contributed by atoms with Gasteiger partial charge in [0.25, 0.3) is 0 Å². The lowest BCUT2D eigenvalue weighted by molar-refractivity contribution is -0.143. The molecule has 0 saturated heterocycles. The first-order chi connectivity index (χ1) is 7.18. The first kappa shape index (κ1) is 10.4. The van der Waals surface area contributed by atoms with Gasteiger partial charge < -0.3 is 5.11 Å². The minimum Gasteiger partial charge on any atom is -0.481 e. The van der Waals surface area contributed by atoms with E-state index in [9.17, 15) is 4.79 Å². The Labute approximate surface area is 91.9 Å². The maximum atomic E-state index is 11.1. The number of nitrogens with zero attached hydrogens (tertiary/aromatic N) is 1. The Balaban J connectivity index is 2.25. The summed E-state index contributed by atoms with van der Waals surface area (Å²) >= 11 is 4.86. The summed E-state index contributed by atoms with van der Waals surface area (Å²) in [5.74, 6) is -0.397. The average Bonchev–Trinajstić information content (AvgIpc) is 2.65. The van der Waals surface area contributed by atoms with Crippen molar-refractivity contribution in [2.75, 3.05) is 0 Å². The monoisotopic (exact) mass is 227 g/mol. The molecule has 0 amide bonds. The molecule has 0 aromatic carbocycles. The molecular weight excluding hydrogens is 214 g/mol. The molecule has 1 aliphatic carbocycles. The van der Waals surface area contributed by atoms with Gasteiger partial charge in [-0.15, -0.1) is 0 Å². The Bertz CT molecular complexity index is 411. The molecular formula is C9H13N3O2S. The van der Waals surface area contributed by atoms with Crippen LogP contribution in [0.2, 0.25) is 0 Å². The molecule has 0 radical (unpaired) electrons. The first-order valence-electron chi connectivity index (χ1n) is 5.06. The fourth-order valence-electron chi connectivity index (χ4n) is 2.21. The van der Waals surface area contributed by atoms with Crippen molar-refractivity contribution in [2.45, 2.75) is 31.6 Å². The zero-order valence-corrected chi connectivity index (χ0v) is 9.01. The molecule has 1 heterocycles. The highest BCUT2D eigenvalue weighted by Crippen LogP contribution is 2.36. The maximum Gasteiger partial charge on any atom is 0.307 e. The van der Waals surface area contributed by atoms with E-state index >= 15 is 0 Å². The lowest BCUT2D eigenvalue weighted by atomic mass is 9.79. The normalized spacial score (nSPS) is 26.4. The molecule has 1 aromatic heterocycles. The molecule has 2 rings (SSSR count). The number of carboxylic acid groups (broad SMARTS) is 1. The quantitative estimate of drug-likeness (QED) is 0.673. The number of carboxylic acids is 1. The van der Waals surface area contributed by atoms with Gasteiger partial charge >= 0.3 is 5.97 Å².